The molecular weight excluding hydrogens is 331 g/mol. The number of aryl methyl sites for hydroxylation is 1. The zero-order valence-corrected chi connectivity index (χ0v) is 14.7. The summed E-state index contributed by atoms with van der Waals surface area (Å²) in [6.45, 7) is 3.52. The first-order valence-corrected chi connectivity index (χ1v) is 8.40. The van der Waals surface area contributed by atoms with Crippen LogP contribution in [0.2, 0.25) is 0 Å². The zero-order valence-electron chi connectivity index (χ0n) is 14.7. The van der Waals surface area contributed by atoms with Crippen molar-refractivity contribution in [3.8, 4) is 11.3 Å². The third kappa shape index (κ3) is 4.34. The molecule has 0 saturated carbocycles. The van der Waals surface area contributed by atoms with Crippen LogP contribution in [0.15, 0.2) is 54.6 Å². The van der Waals surface area contributed by atoms with E-state index in [0.29, 0.717) is 23.0 Å². The predicted octanol–water partition coefficient (Wildman–Crippen LogP) is 4.13. The summed E-state index contributed by atoms with van der Waals surface area (Å²) in [6.07, 6.45) is 0. The Morgan fingerprint density at radius 3 is 2.54 bits per heavy atom. The highest BCUT2D eigenvalue weighted by atomic mass is 19.1. The molecule has 1 atom stereocenters. The van der Waals surface area contributed by atoms with Gasteiger partial charge in [-0.05, 0) is 31.5 Å². The highest BCUT2D eigenvalue weighted by Gasteiger charge is 2.10. The van der Waals surface area contributed by atoms with Crippen molar-refractivity contribution in [2.24, 2.45) is 0 Å². The minimum absolute atomic E-state index is 0.0368. The second-order valence-corrected chi connectivity index (χ2v) is 6.14. The molecule has 0 amide bonds. The van der Waals surface area contributed by atoms with Crippen molar-refractivity contribution < 1.29 is 9.50 Å². The monoisotopic (exact) mass is 352 g/mol. The number of hydrogen-bond donors (Lipinski definition) is 3. The van der Waals surface area contributed by atoms with E-state index in [1.54, 1.807) is 19.1 Å². The van der Waals surface area contributed by atoms with Crippen LogP contribution in [0.3, 0.4) is 0 Å². The van der Waals surface area contributed by atoms with E-state index in [4.69, 9.17) is 0 Å². The van der Waals surface area contributed by atoms with Crippen molar-refractivity contribution in [2.75, 3.05) is 17.2 Å². The number of aliphatic hydroxyl groups is 1. The molecule has 0 bridgehead atoms. The maximum absolute atomic E-state index is 13.8. The summed E-state index contributed by atoms with van der Waals surface area (Å²) >= 11 is 0. The molecule has 0 unspecified atom stereocenters. The molecule has 0 spiro atoms. The Morgan fingerprint density at radius 2 is 1.85 bits per heavy atom. The van der Waals surface area contributed by atoms with Gasteiger partial charge in [-0.25, -0.2) is 9.37 Å². The second-order valence-electron chi connectivity index (χ2n) is 6.14. The first-order chi connectivity index (χ1) is 12.5. The lowest BCUT2D eigenvalue weighted by Gasteiger charge is -2.14. The molecule has 6 heteroatoms. The van der Waals surface area contributed by atoms with Crippen LogP contribution in [0, 0.1) is 12.7 Å². The van der Waals surface area contributed by atoms with Crippen molar-refractivity contribution >= 4 is 17.5 Å². The fourth-order valence-corrected chi connectivity index (χ4v) is 2.42. The van der Waals surface area contributed by atoms with Gasteiger partial charge in [-0.15, -0.1) is 0 Å². The summed E-state index contributed by atoms with van der Waals surface area (Å²) in [7, 11) is 0. The molecule has 0 radical (unpaired) electrons. The van der Waals surface area contributed by atoms with Crippen LogP contribution in [-0.4, -0.2) is 27.7 Å². The molecule has 26 heavy (non-hydrogen) atoms. The Kier molecular flexibility index (Phi) is 5.43. The van der Waals surface area contributed by atoms with E-state index >= 15 is 0 Å². The third-order valence-corrected chi connectivity index (χ3v) is 3.89. The van der Waals surface area contributed by atoms with E-state index < -0.39 is 0 Å². The van der Waals surface area contributed by atoms with Crippen LogP contribution >= 0.6 is 0 Å². The van der Waals surface area contributed by atoms with E-state index in [2.05, 4.69) is 20.6 Å². The lowest BCUT2D eigenvalue weighted by Crippen LogP contribution is -2.21. The van der Waals surface area contributed by atoms with E-state index in [1.807, 2.05) is 43.3 Å². The number of rotatable bonds is 6. The van der Waals surface area contributed by atoms with Crippen molar-refractivity contribution in [1.29, 1.82) is 0 Å². The van der Waals surface area contributed by atoms with Gasteiger partial charge in [-0.2, -0.15) is 4.98 Å². The lowest BCUT2D eigenvalue weighted by molar-refractivity contribution is 0.281. The predicted molar refractivity (Wildman–Crippen MR) is 102 cm³/mol. The molecule has 0 fully saturated rings. The van der Waals surface area contributed by atoms with Crippen molar-refractivity contribution in [2.45, 2.75) is 19.9 Å². The summed E-state index contributed by atoms with van der Waals surface area (Å²) in [6, 6.07) is 16.3. The van der Waals surface area contributed by atoms with Crippen LogP contribution in [-0.2, 0) is 0 Å². The van der Waals surface area contributed by atoms with E-state index in [1.165, 1.54) is 6.07 Å². The van der Waals surface area contributed by atoms with Gasteiger partial charge in [0.1, 0.15) is 11.6 Å². The molecule has 134 valence electrons. The number of hydrogen-bond acceptors (Lipinski definition) is 5. The fourth-order valence-electron chi connectivity index (χ4n) is 2.42. The summed E-state index contributed by atoms with van der Waals surface area (Å²) in [5, 5.41) is 15.5. The first-order valence-electron chi connectivity index (χ1n) is 8.40. The molecule has 3 aromatic rings. The molecule has 0 aliphatic carbocycles. The average Bonchev–Trinajstić information content (AvgIpc) is 2.65. The Labute approximate surface area is 152 Å². The fraction of sp³-hybridized carbons (Fsp3) is 0.200. The highest BCUT2D eigenvalue weighted by molar-refractivity contribution is 5.67. The number of nitrogens with zero attached hydrogens (tertiary/aromatic N) is 2. The topological polar surface area (TPSA) is 70.1 Å². The Balaban J connectivity index is 1.97. The molecule has 2 aromatic carbocycles. The van der Waals surface area contributed by atoms with Crippen LogP contribution < -0.4 is 10.6 Å². The minimum atomic E-state index is -0.278. The maximum atomic E-state index is 13.8. The number of aliphatic hydroxyl groups excluding tert-OH is 1. The molecule has 3 rings (SSSR count). The average molecular weight is 352 g/mol. The van der Waals surface area contributed by atoms with E-state index in [0.717, 1.165) is 11.3 Å². The molecule has 3 N–H and O–H groups in total. The number of benzene rings is 2. The van der Waals surface area contributed by atoms with E-state index in [-0.39, 0.29) is 18.5 Å². The molecule has 0 aliphatic rings. The molecular formula is C20H21FN4O. The SMILES string of the molecule is Cc1ccc(Nc2cc(-c3ccccc3)nc(N[C@@H](C)CO)n2)cc1F. The molecule has 1 aromatic heterocycles. The van der Waals surface area contributed by atoms with Crippen LogP contribution in [0.4, 0.5) is 21.8 Å². The van der Waals surface area contributed by atoms with E-state index in [9.17, 15) is 9.50 Å². The van der Waals surface area contributed by atoms with Gasteiger partial charge >= 0.3 is 0 Å². The number of halogens is 1. The highest BCUT2D eigenvalue weighted by Crippen LogP contribution is 2.24. The smallest absolute Gasteiger partial charge is 0.225 e. The quantitative estimate of drug-likeness (QED) is 0.622. The van der Waals surface area contributed by atoms with Crippen LogP contribution in [0.1, 0.15) is 12.5 Å². The summed E-state index contributed by atoms with van der Waals surface area (Å²) in [5.41, 5.74) is 2.85. The van der Waals surface area contributed by atoms with Gasteiger partial charge in [0, 0.05) is 23.4 Å². The van der Waals surface area contributed by atoms with Crippen LogP contribution in [0.5, 0.6) is 0 Å². The van der Waals surface area contributed by atoms with Gasteiger partial charge < -0.3 is 15.7 Å². The number of aromatic nitrogens is 2. The summed E-state index contributed by atoms with van der Waals surface area (Å²) in [4.78, 5) is 8.94. The van der Waals surface area contributed by atoms with Gasteiger partial charge in [0.2, 0.25) is 5.95 Å². The Morgan fingerprint density at radius 1 is 1.08 bits per heavy atom. The van der Waals surface area contributed by atoms with Gasteiger partial charge in [0.25, 0.3) is 0 Å². The van der Waals surface area contributed by atoms with Gasteiger partial charge in [-0.1, -0.05) is 36.4 Å². The molecule has 1 heterocycles. The van der Waals surface area contributed by atoms with Gasteiger partial charge in [0.05, 0.1) is 12.3 Å². The normalized spacial score (nSPS) is 11.8. The first kappa shape index (κ1) is 17.8. The standard InChI is InChI=1S/C20H21FN4O/c1-13-8-9-16(10-17(13)21)23-19-11-18(15-6-4-3-5-7-15)24-20(25-19)22-14(2)12-26/h3-11,14,26H,12H2,1-2H3,(H2,22,23,24,25)/t14-/m0/s1. The number of anilines is 3. The molecule has 5 nitrogen and oxygen atoms in total. The summed E-state index contributed by atoms with van der Waals surface area (Å²) in [5.74, 6) is 0.650. The Bertz CT molecular complexity index is 886. The minimum Gasteiger partial charge on any atom is -0.394 e. The third-order valence-electron chi connectivity index (χ3n) is 3.89. The van der Waals surface area contributed by atoms with Crippen molar-refractivity contribution in [3.05, 3.63) is 66.0 Å². The molecule has 0 aliphatic heterocycles. The van der Waals surface area contributed by atoms with Crippen LogP contribution in [0.25, 0.3) is 11.3 Å². The maximum Gasteiger partial charge on any atom is 0.225 e. The van der Waals surface area contributed by atoms with Crippen molar-refractivity contribution in [1.82, 2.24) is 9.97 Å². The van der Waals surface area contributed by atoms with Gasteiger partial charge in [0.15, 0.2) is 0 Å². The second kappa shape index (κ2) is 7.93. The van der Waals surface area contributed by atoms with Gasteiger partial charge in [-0.3, -0.25) is 0 Å². The largest absolute Gasteiger partial charge is 0.394 e. The lowest BCUT2D eigenvalue weighted by atomic mass is 10.1. The van der Waals surface area contributed by atoms with Crippen molar-refractivity contribution in [3.63, 3.8) is 0 Å². The Hall–Kier alpha value is -2.99. The summed E-state index contributed by atoms with van der Waals surface area (Å²) < 4.78 is 13.8. The number of nitrogens with one attached hydrogen (secondary N) is 2. The zero-order chi connectivity index (χ0) is 18.5. The molecule has 0 saturated heterocycles.